The van der Waals surface area contributed by atoms with Gasteiger partial charge in [0.15, 0.2) is 11.0 Å². The number of carbonyl (C=O) groups excluding carboxylic acids is 1. The fraction of sp³-hybridized carbons (Fsp3) is 0.421. The molecule has 0 bridgehead atoms. The van der Waals surface area contributed by atoms with Crippen LogP contribution in [0.15, 0.2) is 42.1 Å². The number of thioether (sulfide) groups is 1. The monoisotopic (exact) mass is 374 g/mol. The second-order valence-corrected chi connectivity index (χ2v) is 7.35. The molecule has 1 aliphatic rings. The standard InChI is InChI=1S/C19H23FN4OS/c1-2-12-24-18(14-8-10-15(20)11-9-14)22-23-19(24)26-13-17(25)21-16-6-4-3-5-7-16/h2,8-11,16H,1,3-7,12-13H2,(H,21,25). The van der Waals surface area contributed by atoms with Crippen molar-refractivity contribution in [2.45, 2.75) is 49.8 Å². The number of amides is 1. The number of hydrogen-bond donors (Lipinski definition) is 1. The van der Waals surface area contributed by atoms with Crippen LogP contribution in [-0.4, -0.2) is 32.5 Å². The molecule has 1 N–H and O–H groups in total. The third-order valence-corrected chi connectivity index (χ3v) is 5.40. The summed E-state index contributed by atoms with van der Waals surface area (Å²) in [6.07, 6.45) is 7.52. The lowest BCUT2D eigenvalue weighted by atomic mass is 9.95. The van der Waals surface area contributed by atoms with E-state index >= 15 is 0 Å². The van der Waals surface area contributed by atoms with Crippen LogP contribution in [0.2, 0.25) is 0 Å². The molecule has 0 aliphatic heterocycles. The van der Waals surface area contributed by atoms with Crippen molar-refractivity contribution in [2.75, 3.05) is 5.75 Å². The normalized spacial score (nSPS) is 15.0. The summed E-state index contributed by atoms with van der Waals surface area (Å²) in [5.41, 5.74) is 0.777. The van der Waals surface area contributed by atoms with Crippen LogP contribution in [0.1, 0.15) is 32.1 Å². The van der Waals surface area contributed by atoms with Gasteiger partial charge in [0.25, 0.3) is 0 Å². The molecule has 0 saturated heterocycles. The predicted octanol–water partition coefficient (Wildman–Crippen LogP) is 3.81. The van der Waals surface area contributed by atoms with Crippen molar-refractivity contribution in [3.8, 4) is 11.4 Å². The van der Waals surface area contributed by atoms with Crippen molar-refractivity contribution >= 4 is 17.7 Å². The lowest BCUT2D eigenvalue weighted by Crippen LogP contribution is -2.37. The summed E-state index contributed by atoms with van der Waals surface area (Å²) in [6, 6.07) is 6.43. The molecular formula is C19H23FN4OS. The van der Waals surface area contributed by atoms with Crippen LogP contribution in [0.5, 0.6) is 0 Å². The quantitative estimate of drug-likeness (QED) is 0.591. The summed E-state index contributed by atoms with van der Waals surface area (Å²) in [7, 11) is 0. The van der Waals surface area contributed by atoms with Crippen molar-refractivity contribution in [1.29, 1.82) is 0 Å². The van der Waals surface area contributed by atoms with Gasteiger partial charge in [0, 0.05) is 18.2 Å². The third-order valence-electron chi connectivity index (χ3n) is 4.43. The van der Waals surface area contributed by atoms with E-state index in [1.54, 1.807) is 18.2 Å². The maximum Gasteiger partial charge on any atom is 0.230 e. The fourth-order valence-electron chi connectivity index (χ4n) is 3.15. The second kappa shape index (κ2) is 8.98. The first-order chi connectivity index (χ1) is 12.7. The summed E-state index contributed by atoms with van der Waals surface area (Å²) in [4.78, 5) is 12.2. The van der Waals surface area contributed by atoms with E-state index in [2.05, 4.69) is 22.1 Å². The zero-order valence-corrected chi connectivity index (χ0v) is 15.5. The molecule has 5 nitrogen and oxygen atoms in total. The molecule has 2 aromatic rings. The van der Waals surface area contributed by atoms with Gasteiger partial charge in [-0.05, 0) is 37.1 Å². The average molecular weight is 374 g/mol. The molecule has 1 fully saturated rings. The summed E-state index contributed by atoms with van der Waals surface area (Å²) >= 11 is 1.36. The largest absolute Gasteiger partial charge is 0.353 e. The third kappa shape index (κ3) is 4.72. The van der Waals surface area contributed by atoms with Gasteiger partial charge >= 0.3 is 0 Å². The minimum Gasteiger partial charge on any atom is -0.353 e. The molecule has 138 valence electrons. The molecule has 1 aromatic carbocycles. The van der Waals surface area contributed by atoms with Crippen LogP contribution in [-0.2, 0) is 11.3 Å². The Morgan fingerprint density at radius 2 is 2.00 bits per heavy atom. The average Bonchev–Trinajstić information content (AvgIpc) is 3.05. The van der Waals surface area contributed by atoms with Crippen LogP contribution in [0.25, 0.3) is 11.4 Å². The predicted molar refractivity (Wildman–Crippen MR) is 101 cm³/mol. The number of hydrogen-bond acceptors (Lipinski definition) is 4. The number of nitrogens with one attached hydrogen (secondary N) is 1. The molecule has 0 atom stereocenters. The number of carbonyl (C=O) groups is 1. The molecule has 0 spiro atoms. The topological polar surface area (TPSA) is 59.8 Å². The van der Waals surface area contributed by atoms with Gasteiger partial charge in [0.2, 0.25) is 5.91 Å². The summed E-state index contributed by atoms with van der Waals surface area (Å²) < 4.78 is 15.0. The molecule has 1 heterocycles. The van der Waals surface area contributed by atoms with Crippen molar-refractivity contribution < 1.29 is 9.18 Å². The zero-order valence-electron chi connectivity index (χ0n) is 14.7. The van der Waals surface area contributed by atoms with Crippen molar-refractivity contribution in [1.82, 2.24) is 20.1 Å². The number of aromatic nitrogens is 3. The lowest BCUT2D eigenvalue weighted by molar-refractivity contribution is -0.119. The smallest absolute Gasteiger partial charge is 0.230 e. The molecule has 7 heteroatoms. The Hall–Kier alpha value is -2.15. The Kier molecular flexibility index (Phi) is 6.44. The Morgan fingerprint density at radius 1 is 1.27 bits per heavy atom. The molecule has 0 unspecified atom stereocenters. The first-order valence-electron chi connectivity index (χ1n) is 8.89. The Morgan fingerprint density at radius 3 is 2.69 bits per heavy atom. The van der Waals surface area contributed by atoms with Gasteiger partial charge in [-0.3, -0.25) is 9.36 Å². The first-order valence-corrected chi connectivity index (χ1v) is 9.88. The van der Waals surface area contributed by atoms with Gasteiger partial charge < -0.3 is 5.32 Å². The number of allylic oxidation sites excluding steroid dienone is 1. The van der Waals surface area contributed by atoms with Crippen LogP contribution >= 0.6 is 11.8 Å². The Balaban J connectivity index is 1.66. The highest BCUT2D eigenvalue weighted by Gasteiger charge is 2.18. The highest BCUT2D eigenvalue weighted by atomic mass is 32.2. The minimum absolute atomic E-state index is 0.0263. The number of nitrogens with zero attached hydrogens (tertiary/aromatic N) is 3. The molecule has 1 amide bonds. The van der Waals surface area contributed by atoms with Crippen LogP contribution < -0.4 is 5.32 Å². The molecule has 3 rings (SSSR count). The van der Waals surface area contributed by atoms with E-state index in [0.29, 0.717) is 29.3 Å². The van der Waals surface area contributed by atoms with Crippen LogP contribution in [0.3, 0.4) is 0 Å². The molecule has 1 aliphatic carbocycles. The van der Waals surface area contributed by atoms with Gasteiger partial charge in [0.1, 0.15) is 5.82 Å². The molecule has 26 heavy (non-hydrogen) atoms. The maximum absolute atomic E-state index is 13.2. The number of halogens is 1. The van der Waals surface area contributed by atoms with Gasteiger partial charge in [-0.25, -0.2) is 4.39 Å². The summed E-state index contributed by atoms with van der Waals surface area (Å²) in [5, 5.41) is 12.2. The van der Waals surface area contributed by atoms with E-state index in [1.165, 1.54) is 43.2 Å². The zero-order chi connectivity index (χ0) is 18.4. The van der Waals surface area contributed by atoms with E-state index in [0.717, 1.165) is 18.4 Å². The van der Waals surface area contributed by atoms with E-state index in [-0.39, 0.29) is 11.7 Å². The van der Waals surface area contributed by atoms with Crippen molar-refractivity contribution in [2.24, 2.45) is 0 Å². The molecule has 0 radical (unpaired) electrons. The number of benzene rings is 1. The maximum atomic E-state index is 13.2. The SMILES string of the molecule is C=CCn1c(SCC(=O)NC2CCCCC2)nnc1-c1ccc(F)cc1. The highest BCUT2D eigenvalue weighted by Crippen LogP contribution is 2.24. The van der Waals surface area contributed by atoms with E-state index < -0.39 is 0 Å². The van der Waals surface area contributed by atoms with Crippen LogP contribution in [0.4, 0.5) is 4.39 Å². The molecule has 1 saturated carbocycles. The first kappa shape index (κ1) is 18.6. The summed E-state index contributed by atoms with van der Waals surface area (Å²) in [6.45, 7) is 4.29. The van der Waals surface area contributed by atoms with Gasteiger partial charge in [0.05, 0.1) is 5.75 Å². The lowest BCUT2D eigenvalue weighted by Gasteiger charge is -2.22. The van der Waals surface area contributed by atoms with Gasteiger partial charge in [-0.1, -0.05) is 37.1 Å². The molecular weight excluding hydrogens is 351 g/mol. The number of rotatable bonds is 7. The van der Waals surface area contributed by atoms with Gasteiger partial charge in [-0.15, -0.1) is 16.8 Å². The summed E-state index contributed by atoms with van der Waals surface area (Å²) in [5.74, 6) is 0.672. The highest BCUT2D eigenvalue weighted by molar-refractivity contribution is 7.99. The molecule has 1 aromatic heterocycles. The fourth-order valence-corrected chi connectivity index (χ4v) is 3.91. The van der Waals surface area contributed by atoms with Crippen molar-refractivity contribution in [3.05, 3.63) is 42.7 Å². The van der Waals surface area contributed by atoms with E-state index in [1.807, 2.05) is 4.57 Å². The Labute approximate surface area is 157 Å². The van der Waals surface area contributed by atoms with E-state index in [9.17, 15) is 9.18 Å². The second-order valence-electron chi connectivity index (χ2n) is 6.40. The minimum atomic E-state index is -0.294. The van der Waals surface area contributed by atoms with Gasteiger partial charge in [-0.2, -0.15) is 0 Å². The Bertz CT molecular complexity index is 753. The van der Waals surface area contributed by atoms with Crippen molar-refractivity contribution in [3.63, 3.8) is 0 Å². The van der Waals surface area contributed by atoms with E-state index in [4.69, 9.17) is 0 Å². The van der Waals surface area contributed by atoms with Crippen LogP contribution in [0, 0.1) is 5.82 Å².